The topological polar surface area (TPSA) is 49.3 Å². The Morgan fingerprint density at radius 1 is 1.50 bits per heavy atom. The maximum absolute atomic E-state index is 12.0. The summed E-state index contributed by atoms with van der Waals surface area (Å²) in [4.78, 5) is 12.0. The van der Waals surface area contributed by atoms with Crippen LogP contribution in [-0.4, -0.2) is 22.9 Å². The highest BCUT2D eigenvalue weighted by molar-refractivity contribution is 9.10. The normalized spacial score (nSPS) is 12.5. The Bertz CT molecular complexity index is 423. The summed E-state index contributed by atoms with van der Waals surface area (Å²) in [6, 6.07) is 4.83. The molecule has 1 unspecified atom stereocenters. The molecule has 0 aliphatic heterocycles. The molecule has 1 aromatic carbocycles. The number of phenolic OH excluding ortho intramolecular Hbond substituents is 1. The molecule has 0 fully saturated rings. The van der Waals surface area contributed by atoms with Gasteiger partial charge in [0.1, 0.15) is 5.75 Å². The van der Waals surface area contributed by atoms with Crippen molar-refractivity contribution in [2.45, 2.75) is 26.3 Å². The molecule has 3 nitrogen and oxygen atoms in total. The third-order valence-electron chi connectivity index (χ3n) is 2.75. The number of carbonyl (C=O) groups excluding carboxylic acids is 1. The molecular weight excluding hydrogens is 318 g/mol. The van der Waals surface area contributed by atoms with Crippen molar-refractivity contribution in [3.05, 3.63) is 28.2 Å². The van der Waals surface area contributed by atoms with E-state index in [0.29, 0.717) is 18.2 Å². The van der Waals surface area contributed by atoms with Crippen LogP contribution in [0.15, 0.2) is 22.7 Å². The van der Waals surface area contributed by atoms with E-state index < -0.39 is 0 Å². The lowest BCUT2D eigenvalue weighted by molar-refractivity contribution is 0.0922. The van der Waals surface area contributed by atoms with Gasteiger partial charge >= 0.3 is 0 Å². The molecule has 1 rings (SSSR count). The minimum absolute atomic E-state index is 0.0121. The first-order valence-corrected chi connectivity index (χ1v) is 7.13. The average Bonchev–Trinajstić information content (AvgIpc) is 2.27. The highest BCUT2D eigenvalue weighted by Crippen LogP contribution is 2.22. The van der Waals surface area contributed by atoms with Gasteiger partial charge in [0.15, 0.2) is 0 Å². The van der Waals surface area contributed by atoms with Gasteiger partial charge in [-0.3, -0.25) is 4.79 Å². The second-order valence-corrected chi connectivity index (χ2v) is 5.76. The number of carbonyl (C=O) groups is 1. The van der Waals surface area contributed by atoms with Crippen LogP contribution in [0.4, 0.5) is 0 Å². The minimum Gasteiger partial charge on any atom is -0.507 e. The Labute approximate surface area is 121 Å². The summed E-state index contributed by atoms with van der Waals surface area (Å²) in [5.41, 5.74) is 0.276. The number of phenols is 1. The smallest absolute Gasteiger partial charge is 0.255 e. The summed E-state index contributed by atoms with van der Waals surface area (Å²) in [7, 11) is 0. The zero-order valence-corrected chi connectivity index (χ0v) is 12.8. The first kappa shape index (κ1) is 15.3. The Morgan fingerprint density at radius 2 is 2.17 bits per heavy atom. The predicted molar refractivity (Wildman–Crippen MR) is 77.2 cm³/mol. The third kappa shape index (κ3) is 4.18. The molecule has 0 bridgehead atoms. The van der Waals surface area contributed by atoms with Gasteiger partial charge in [-0.2, -0.15) is 0 Å². The molecule has 0 aliphatic rings. The SMILES string of the molecule is CC(C)C(CCCl)NC(=O)c1ccc(Br)cc1O. The zero-order valence-electron chi connectivity index (χ0n) is 10.4. The minimum atomic E-state index is -0.274. The van der Waals surface area contributed by atoms with E-state index >= 15 is 0 Å². The van der Waals surface area contributed by atoms with Gasteiger partial charge in [0, 0.05) is 16.4 Å². The van der Waals surface area contributed by atoms with Crippen LogP contribution < -0.4 is 5.32 Å². The molecule has 0 aliphatic carbocycles. The van der Waals surface area contributed by atoms with Crippen molar-refractivity contribution in [1.29, 1.82) is 0 Å². The summed E-state index contributed by atoms with van der Waals surface area (Å²) < 4.78 is 0.734. The van der Waals surface area contributed by atoms with Crippen LogP contribution in [-0.2, 0) is 0 Å². The number of rotatable bonds is 5. The van der Waals surface area contributed by atoms with Gasteiger partial charge in [-0.15, -0.1) is 11.6 Å². The second kappa shape index (κ2) is 7.00. The van der Waals surface area contributed by atoms with Gasteiger partial charge < -0.3 is 10.4 Å². The summed E-state index contributed by atoms with van der Waals surface area (Å²) in [6.45, 7) is 4.05. The maximum Gasteiger partial charge on any atom is 0.255 e. The van der Waals surface area contributed by atoms with Crippen LogP contribution in [0, 0.1) is 5.92 Å². The fourth-order valence-electron chi connectivity index (χ4n) is 1.63. The number of alkyl halides is 1. The molecule has 0 spiro atoms. The van der Waals surface area contributed by atoms with E-state index in [4.69, 9.17) is 11.6 Å². The van der Waals surface area contributed by atoms with Crippen LogP contribution in [0.1, 0.15) is 30.6 Å². The lowest BCUT2D eigenvalue weighted by atomic mass is 10.0. The van der Waals surface area contributed by atoms with Crippen LogP contribution in [0.3, 0.4) is 0 Å². The van der Waals surface area contributed by atoms with Crippen molar-refractivity contribution >= 4 is 33.4 Å². The third-order valence-corrected chi connectivity index (χ3v) is 3.46. The molecule has 0 heterocycles. The molecule has 18 heavy (non-hydrogen) atoms. The van der Waals surface area contributed by atoms with Crippen molar-refractivity contribution in [2.75, 3.05) is 5.88 Å². The molecule has 1 aromatic rings. The Hall–Kier alpha value is -0.740. The average molecular weight is 335 g/mol. The Kier molecular flexibility index (Phi) is 5.96. The fraction of sp³-hybridized carbons (Fsp3) is 0.462. The van der Waals surface area contributed by atoms with Crippen molar-refractivity contribution in [2.24, 2.45) is 5.92 Å². The Balaban J connectivity index is 2.80. The molecule has 0 saturated heterocycles. The van der Waals surface area contributed by atoms with E-state index in [2.05, 4.69) is 21.2 Å². The van der Waals surface area contributed by atoms with E-state index in [0.717, 1.165) is 4.47 Å². The second-order valence-electron chi connectivity index (χ2n) is 4.46. The van der Waals surface area contributed by atoms with E-state index in [1.54, 1.807) is 12.1 Å². The van der Waals surface area contributed by atoms with E-state index in [1.807, 2.05) is 13.8 Å². The molecule has 0 saturated carbocycles. The van der Waals surface area contributed by atoms with Crippen molar-refractivity contribution < 1.29 is 9.90 Å². The standard InChI is InChI=1S/C13H17BrClNO2/c1-8(2)11(5-6-15)16-13(18)10-4-3-9(14)7-12(10)17/h3-4,7-8,11,17H,5-6H2,1-2H3,(H,16,18). The van der Waals surface area contributed by atoms with E-state index in [-0.39, 0.29) is 23.3 Å². The van der Waals surface area contributed by atoms with Gasteiger partial charge in [-0.1, -0.05) is 29.8 Å². The number of hydrogen-bond donors (Lipinski definition) is 2. The number of benzene rings is 1. The van der Waals surface area contributed by atoms with Gasteiger partial charge in [0.2, 0.25) is 0 Å². The monoisotopic (exact) mass is 333 g/mol. The number of nitrogens with one attached hydrogen (secondary N) is 1. The Morgan fingerprint density at radius 3 is 2.67 bits per heavy atom. The molecule has 0 radical (unpaired) electrons. The number of amides is 1. The van der Waals surface area contributed by atoms with Gasteiger partial charge in [-0.25, -0.2) is 0 Å². The predicted octanol–water partition coefficient (Wildman–Crippen LogP) is 3.54. The van der Waals surface area contributed by atoms with Crippen LogP contribution in [0.5, 0.6) is 5.75 Å². The number of halogens is 2. The van der Waals surface area contributed by atoms with Gasteiger partial charge in [-0.05, 0) is 30.5 Å². The van der Waals surface area contributed by atoms with E-state index in [9.17, 15) is 9.90 Å². The summed E-state index contributed by atoms with van der Waals surface area (Å²) in [6.07, 6.45) is 0.711. The molecule has 1 atom stereocenters. The van der Waals surface area contributed by atoms with Crippen LogP contribution in [0.2, 0.25) is 0 Å². The fourth-order valence-corrected chi connectivity index (χ4v) is 2.22. The molecule has 100 valence electrons. The van der Waals surface area contributed by atoms with E-state index in [1.165, 1.54) is 6.07 Å². The summed E-state index contributed by atoms with van der Waals surface area (Å²) in [5, 5.41) is 12.6. The first-order valence-electron chi connectivity index (χ1n) is 5.81. The molecular formula is C13H17BrClNO2. The largest absolute Gasteiger partial charge is 0.507 e. The first-order chi connectivity index (χ1) is 8.45. The van der Waals surface area contributed by atoms with Crippen LogP contribution in [0.25, 0.3) is 0 Å². The van der Waals surface area contributed by atoms with Crippen LogP contribution >= 0.6 is 27.5 Å². The van der Waals surface area contributed by atoms with Crippen molar-refractivity contribution in [3.8, 4) is 5.75 Å². The lowest BCUT2D eigenvalue weighted by Crippen LogP contribution is -2.38. The number of hydrogen-bond acceptors (Lipinski definition) is 2. The summed E-state index contributed by atoms with van der Waals surface area (Å²) in [5.74, 6) is 0.486. The lowest BCUT2D eigenvalue weighted by Gasteiger charge is -2.21. The zero-order chi connectivity index (χ0) is 13.7. The van der Waals surface area contributed by atoms with Crippen molar-refractivity contribution in [1.82, 2.24) is 5.32 Å². The molecule has 5 heteroatoms. The molecule has 1 amide bonds. The molecule has 2 N–H and O–H groups in total. The highest BCUT2D eigenvalue weighted by Gasteiger charge is 2.18. The quantitative estimate of drug-likeness (QED) is 0.809. The maximum atomic E-state index is 12.0. The van der Waals surface area contributed by atoms with Gasteiger partial charge in [0.25, 0.3) is 5.91 Å². The highest BCUT2D eigenvalue weighted by atomic mass is 79.9. The summed E-state index contributed by atoms with van der Waals surface area (Å²) >= 11 is 8.95. The molecule has 0 aromatic heterocycles. The number of aromatic hydroxyl groups is 1. The van der Waals surface area contributed by atoms with Crippen molar-refractivity contribution in [3.63, 3.8) is 0 Å². The van der Waals surface area contributed by atoms with Gasteiger partial charge in [0.05, 0.1) is 5.56 Å².